The minimum Gasteiger partial charge on any atom is -0.356 e. The average molecular weight is 553 g/mol. The second-order valence-corrected chi connectivity index (χ2v) is 11.0. The van der Waals surface area contributed by atoms with Gasteiger partial charge in [-0.3, -0.25) is 9.59 Å². The number of nitrogens with one attached hydrogen (secondary N) is 1. The Labute approximate surface area is 242 Å². The second-order valence-electron chi connectivity index (χ2n) is 11.0. The van der Waals surface area contributed by atoms with Crippen molar-refractivity contribution in [3.8, 4) is 11.1 Å². The van der Waals surface area contributed by atoms with E-state index in [4.69, 9.17) is 0 Å². The second kappa shape index (κ2) is 12.1. The van der Waals surface area contributed by atoms with Gasteiger partial charge in [0.2, 0.25) is 5.91 Å². The van der Waals surface area contributed by atoms with Crippen LogP contribution in [0.2, 0.25) is 0 Å². The van der Waals surface area contributed by atoms with Gasteiger partial charge in [0.25, 0.3) is 5.91 Å². The molecule has 214 valence electrons. The Morgan fingerprint density at radius 2 is 1.71 bits per heavy atom. The molecule has 2 aromatic carbocycles. The summed E-state index contributed by atoms with van der Waals surface area (Å²) in [5.74, 6) is 0.833. The van der Waals surface area contributed by atoms with Gasteiger partial charge in [0.05, 0.1) is 0 Å². The van der Waals surface area contributed by atoms with Crippen LogP contribution in [-0.4, -0.2) is 45.5 Å². The summed E-state index contributed by atoms with van der Waals surface area (Å²) in [4.78, 5) is 34.1. The van der Waals surface area contributed by atoms with Crippen molar-refractivity contribution in [3.05, 3.63) is 77.1 Å². The number of nitrogens with zero attached hydrogens (tertiary/aromatic N) is 5. The molecule has 0 bridgehead atoms. The number of aryl methyl sites for hydroxylation is 2. The van der Waals surface area contributed by atoms with Gasteiger partial charge in [-0.1, -0.05) is 44.2 Å². The molecular weight excluding hydrogens is 512 g/mol. The Morgan fingerprint density at radius 3 is 2.39 bits per heavy atom. The lowest BCUT2D eigenvalue weighted by molar-refractivity contribution is -0.117. The molecule has 1 atom stereocenters. The van der Waals surface area contributed by atoms with E-state index >= 15 is 0 Å². The summed E-state index contributed by atoms with van der Waals surface area (Å²) in [7, 11) is 0. The molecular formula is C33H40N6O2. The number of amides is 2. The summed E-state index contributed by atoms with van der Waals surface area (Å²) >= 11 is 0. The molecule has 0 spiro atoms. The SMILES string of the molecule is CCCN(CCC)c1cc(C)nc2cc(C(=O)NCc3ccc(-c4ccc5c(c4)CC[C@H](C)N5C(C)=O)cc3)nn12. The fourth-order valence-corrected chi connectivity index (χ4v) is 5.80. The Kier molecular flexibility index (Phi) is 8.38. The van der Waals surface area contributed by atoms with Crippen molar-refractivity contribution in [2.75, 3.05) is 22.9 Å². The monoisotopic (exact) mass is 552 g/mol. The number of hydrogen-bond donors (Lipinski definition) is 1. The Hall–Kier alpha value is -4.20. The third kappa shape index (κ3) is 5.97. The predicted octanol–water partition coefficient (Wildman–Crippen LogP) is 5.95. The molecule has 1 N–H and O–H groups in total. The van der Waals surface area contributed by atoms with E-state index in [1.165, 1.54) is 5.56 Å². The van der Waals surface area contributed by atoms with Crippen LogP contribution < -0.4 is 15.1 Å². The lowest BCUT2D eigenvalue weighted by Gasteiger charge is -2.34. The molecule has 2 amide bonds. The lowest BCUT2D eigenvalue weighted by Crippen LogP contribution is -2.40. The van der Waals surface area contributed by atoms with Crippen LogP contribution in [-0.2, 0) is 17.8 Å². The zero-order valence-electron chi connectivity index (χ0n) is 24.8. The Bertz CT molecular complexity index is 1550. The number of aromatic nitrogens is 3. The zero-order chi connectivity index (χ0) is 29.1. The number of carbonyl (C=O) groups excluding carboxylic acids is 2. The first-order chi connectivity index (χ1) is 19.8. The lowest BCUT2D eigenvalue weighted by atomic mass is 9.93. The molecule has 3 heterocycles. The molecule has 0 radical (unpaired) electrons. The summed E-state index contributed by atoms with van der Waals surface area (Å²) in [6.07, 6.45) is 3.99. The predicted molar refractivity (Wildman–Crippen MR) is 165 cm³/mol. The van der Waals surface area contributed by atoms with Crippen molar-refractivity contribution in [2.24, 2.45) is 0 Å². The number of carbonyl (C=O) groups is 2. The van der Waals surface area contributed by atoms with E-state index in [1.807, 2.05) is 30.0 Å². The van der Waals surface area contributed by atoms with Crippen molar-refractivity contribution in [3.63, 3.8) is 0 Å². The molecule has 0 saturated carbocycles. The minimum atomic E-state index is -0.223. The van der Waals surface area contributed by atoms with E-state index in [2.05, 4.69) is 71.4 Å². The van der Waals surface area contributed by atoms with E-state index < -0.39 is 0 Å². The molecule has 0 fully saturated rings. The molecule has 0 unspecified atom stereocenters. The van der Waals surface area contributed by atoms with E-state index in [0.717, 1.165) is 72.7 Å². The molecule has 2 aromatic heterocycles. The highest BCUT2D eigenvalue weighted by molar-refractivity contribution is 5.94. The van der Waals surface area contributed by atoms with E-state index in [-0.39, 0.29) is 17.9 Å². The van der Waals surface area contributed by atoms with Crippen molar-refractivity contribution in [1.29, 1.82) is 0 Å². The number of benzene rings is 2. The number of rotatable bonds is 9. The number of fused-ring (bicyclic) bond motifs is 2. The van der Waals surface area contributed by atoms with Crippen molar-refractivity contribution in [1.82, 2.24) is 19.9 Å². The maximum atomic E-state index is 13.1. The van der Waals surface area contributed by atoms with Gasteiger partial charge in [0.15, 0.2) is 11.3 Å². The molecule has 41 heavy (non-hydrogen) atoms. The molecule has 1 aliphatic rings. The van der Waals surface area contributed by atoms with Crippen LogP contribution in [0.5, 0.6) is 0 Å². The van der Waals surface area contributed by atoms with Gasteiger partial charge in [0.1, 0.15) is 5.82 Å². The summed E-state index contributed by atoms with van der Waals surface area (Å²) in [5, 5.41) is 7.65. The van der Waals surface area contributed by atoms with Crippen LogP contribution >= 0.6 is 0 Å². The summed E-state index contributed by atoms with van der Waals surface area (Å²) in [6.45, 7) is 12.3. The zero-order valence-corrected chi connectivity index (χ0v) is 24.8. The van der Waals surface area contributed by atoms with Crippen LogP contribution in [0.15, 0.2) is 54.6 Å². The van der Waals surface area contributed by atoms with Gasteiger partial charge in [-0.15, -0.1) is 0 Å². The third-order valence-electron chi connectivity index (χ3n) is 7.77. The normalized spacial score (nSPS) is 14.7. The van der Waals surface area contributed by atoms with Gasteiger partial charge < -0.3 is 15.1 Å². The molecule has 0 saturated heterocycles. The average Bonchev–Trinajstić information content (AvgIpc) is 3.39. The van der Waals surface area contributed by atoms with Gasteiger partial charge in [-0.25, -0.2) is 4.98 Å². The maximum Gasteiger partial charge on any atom is 0.272 e. The minimum absolute atomic E-state index is 0.0861. The smallest absolute Gasteiger partial charge is 0.272 e. The van der Waals surface area contributed by atoms with E-state index in [0.29, 0.717) is 17.9 Å². The summed E-state index contributed by atoms with van der Waals surface area (Å²) in [6, 6.07) is 18.6. The maximum absolute atomic E-state index is 13.1. The largest absolute Gasteiger partial charge is 0.356 e. The standard InChI is InChI=1S/C33H40N6O2/c1-6-16-37(17-7-2)32-18-22(3)35-31-20-29(36-39(31)32)33(41)34-21-25-9-12-26(13-10-25)27-14-15-30-28(19-27)11-8-23(4)38(30)24(5)40/h9-10,12-15,18-20,23H,6-8,11,16-17,21H2,1-5H3,(H,34,41)/t23-/m0/s1. The van der Waals surface area contributed by atoms with Crippen LogP contribution in [0.25, 0.3) is 16.8 Å². The summed E-state index contributed by atoms with van der Waals surface area (Å²) in [5.41, 5.74) is 7.41. The highest BCUT2D eigenvalue weighted by Gasteiger charge is 2.26. The van der Waals surface area contributed by atoms with Gasteiger partial charge in [0, 0.05) is 56.1 Å². The molecule has 0 aliphatic carbocycles. The van der Waals surface area contributed by atoms with Gasteiger partial charge in [-0.2, -0.15) is 9.61 Å². The van der Waals surface area contributed by atoms with Crippen LogP contribution in [0.4, 0.5) is 11.5 Å². The van der Waals surface area contributed by atoms with Crippen LogP contribution in [0, 0.1) is 6.92 Å². The fraction of sp³-hybridized carbons (Fsp3) is 0.394. The number of anilines is 2. The quantitative estimate of drug-likeness (QED) is 0.278. The summed E-state index contributed by atoms with van der Waals surface area (Å²) < 4.78 is 1.79. The Balaban J connectivity index is 1.28. The van der Waals surface area contributed by atoms with Crippen LogP contribution in [0.3, 0.4) is 0 Å². The molecule has 1 aliphatic heterocycles. The first-order valence-corrected chi connectivity index (χ1v) is 14.7. The Morgan fingerprint density at radius 1 is 1.00 bits per heavy atom. The van der Waals surface area contributed by atoms with Gasteiger partial charge in [-0.05, 0) is 73.9 Å². The van der Waals surface area contributed by atoms with Gasteiger partial charge >= 0.3 is 0 Å². The fourth-order valence-electron chi connectivity index (χ4n) is 5.80. The molecule has 4 aromatic rings. The first-order valence-electron chi connectivity index (χ1n) is 14.7. The first kappa shape index (κ1) is 28.3. The highest BCUT2D eigenvalue weighted by Crippen LogP contribution is 2.34. The third-order valence-corrected chi connectivity index (χ3v) is 7.77. The molecule has 8 heteroatoms. The van der Waals surface area contributed by atoms with Crippen molar-refractivity contribution in [2.45, 2.75) is 72.9 Å². The van der Waals surface area contributed by atoms with E-state index in [1.54, 1.807) is 17.5 Å². The van der Waals surface area contributed by atoms with Crippen LogP contribution in [0.1, 0.15) is 74.3 Å². The number of hydrogen-bond acceptors (Lipinski definition) is 5. The topological polar surface area (TPSA) is 82.8 Å². The van der Waals surface area contributed by atoms with Crippen molar-refractivity contribution >= 4 is 29.0 Å². The van der Waals surface area contributed by atoms with Crippen molar-refractivity contribution < 1.29 is 9.59 Å². The van der Waals surface area contributed by atoms with E-state index in [9.17, 15) is 9.59 Å². The molecule has 8 nitrogen and oxygen atoms in total. The molecule has 5 rings (SSSR count). The highest BCUT2D eigenvalue weighted by atomic mass is 16.2.